The number of thiazole rings is 1. The number of aliphatic hydroxyl groups is 2. The fraction of sp³-hybridized carbons (Fsp3) is 0.394. The first-order valence-electron chi connectivity index (χ1n) is 15.2. The smallest absolute Gasteiger partial charge is 0.230 e. The highest BCUT2D eigenvalue weighted by molar-refractivity contribution is 7.16. The Morgan fingerprint density at radius 1 is 1.13 bits per heavy atom. The average molecular weight is 645 g/mol. The number of hydrogen-bond acceptors (Lipinski definition) is 10. The van der Waals surface area contributed by atoms with Gasteiger partial charge in [0.2, 0.25) is 5.91 Å². The van der Waals surface area contributed by atoms with E-state index in [1.165, 1.54) is 29.5 Å². The Bertz CT molecular complexity index is 1930. The van der Waals surface area contributed by atoms with E-state index < -0.39 is 23.9 Å². The number of pyridine rings is 1. The van der Waals surface area contributed by atoms with Crippen LogP contribution in [0.3, 0.4) is 0 Å². The molecule has 3 fully saturated rings. The summed E-state index contributed by atoms with van der Waals surface area (Å²) in [6.45, 7) is 2.92. The minimum absolute atomic E-state index is 0.0727. The molecule has 3 saturated heterocycles. The molecule has 2 aromatic carbocycles. The van der Waals surface area contributed by atoms with Gasteiger partial charge in [-0.05, 0) is 49.2 Å². The average Bonchev–Trinajstić information content (AvgIpc) is 3.73. The van der Waals surface area contributed by atoms with E-state index >= 15 is 4.39 Å². The summed E-state index contributed by atoms with van der Waals surface area (Å²) >= 11 is 1.19. The molecule has 2 N–H and O–H groups in total. The van der Waals surface area contributed by atoms with Gasteiger partial charge in [0.05, 0.1) is 42.7 Å². The maximum absolute atomic E-state index is 15.9. The molecule has 3 aliphatic heterocycles. The fourth-order valence-corrected chi connectivity index (χ4v) is 8.22. The quantitative estimate of drug-likeness (QED) is 0.333. The molecule has 5 heterocycles. The molecule has 0 bridgehead atoms. The predicted octanol–water partition coefficient (Wildman–Crippen LogP) is 3.91. The van der Waals surface area contributed by atoms with Crippen molar-refractivity contribution in [2.24, 2.45) is 11.3 Å². The van der Waals surface area contributed by atoms with Gasteiger partial charge >= 0.3 is 0 Å². The van der Waals surface area contributed by atoms with Crippen molar-refractivity contribution in [1.82, 2.24) is 14.9 Å². The van der Waals surface area contributed by atoms with Crippen LogP contribution >= 0.6 is 11.3 Å². The molecule has 0 unspecified atom stereocenters. The Labute approximate surface area is 267 Å². The van der Waals surface area contributed by atoms with Gasteiger partial charge in [0.15, 0.2) is 10.9 Å². The zero-order chi connectivity index (χ0) is 31.9. The van der Waals surface area contributed by atoms with Gasteiger partial charge in [0.1, 0.15) is 28.0 Å². The van der Waals surface area contributed by atoms with Crippen LogP contribution < -0.4 is 9.80 Å². The Kier molecular flexibility index (Phi) is 6.77. The van der Waals surface area contributed by atoms with Gasteiger partial charge in [0, 0.05) is 60.8 Å². The third-order valence-corrected chi connectivity index (χ3v) is 10.8. The number of aromatic nitrogens is 2. The van der Waals surface area contributed by atoms with Gasteiger partial charge in [0.25, 0.3) is 0 Å². The minimum atomic E-state index is -0.817. The molecule has 4 aromatic rings. The summed E-state index contributed by atoms with van der Waals surface area (Å²) in [7, 11) is 1.81. The Morgan fingerprint density at radius 2 is 1.89 bits per heavy atom. The Balaban J connectivity index is 1.12. The lowest BCUT2D eigenvalue weighted by Crippen LogP contribution is -2.73. The molecule has 1 aliphatic carbocycles. The summed E-state index contributed by atoms with van der Waals surface area (Å²) in [5.74, 6) is -1.49. The summed E-state index contributed by atoms with van der Waals surface area (Å²) in [5.41, 5.74) is 3.74. The highest BCUT2D eigenvalue weighted by Gasteiger charge is 2.54. The number of nitrogens with zero attached hydrogens (tertiary/aromatic N) is 6. The third kappa shape index (κ3) is 4.54. The second-order valence-corrected chi connectivity index (χ2v) is 13.8. The molecule has 46 heavy (non-hydrogen) atoms. The number of benzene rings is 2. The van der Waals surface area contributed by atoms with Crippen LogP contribution in [-0.2, 0) is 16.0 Å². The van der Waals surface area contributed by atoms with E-state index in [2.05, 4.69) is 16.0 Å². The van der Waals surface area contributed by atoms with Crippen LogP contribution in [0.1, 0.15) is 28.7 Å². The highest BCUT2D eigenvalue weighted by atomic mass is 32.1. The first-order chi connectivity index (χ1) is 22.1. The summed E-state index contributed by atoms with van der Waals surface area (Å²) in [6.07, 6.45) is -0.576. The topological polar surface area (TPSA) is 126 Å². The second-order valence-electron chi connectivity index (χ2n) is 12.8. The maximum atomic E-state index is 15.9. The maximum Gasteiger partial charge on any atom is 0.230 e. The normalized spacial score (nSPS) is 22.9. The van der Waals surface area contributed by atoms with Crippen molar-refractivity contribution >= 4 is 44.7 Å². The van der Waals surface area contributed by atoms with Gasteiger partial charge in [-0.1, -0.05) is 11.3 Å². The molecule has 8 rings (SSSR count). The van der Waals surface area contributed by atoms with E-state index in [-0.39, 0.29) is 35.9 Å². The number of aliphatic hydroxyl groups excluding tert-OH is 2. The van der Waals surface area contributed by atoms with Crippen LogP contribution in [0.25, 0.3) is 22.2 Å². The number of halogens is 2. The van der Waals surface area contributed by atoms with Gasteiger partial charge in [-0.15, -0.1) is 0 Å². The number of rotatable bonds is 5. The number of nitriles is 1. The number of likely N-dealkylation sites (tertiary alicyclic amines) is 1. The number of anilines is 3. The lowest BCUT2D eigenvalue weighted by molar-refractivity contribution is -0.152. The second kappa shape index (κ2) is 10.7. The van der Waals surface area contributed by atoms with Crippen LogP contribution in [0.5, 0.6) is 0 Å². The summed E-state index contributed by atoms with van der Waals surface area (Å²) in [5, 5.41) is 31.8. The summed E-state index contributed by atoms with van der Waals surface area (Å²) in [4.78, 5) is 28.3. The molecular weight excluding hydrogens is 614 g/mol. The molecular formula is C33H30F2N6O4S. The van der Waals surface area contributed by atoms with E-state index in [0.29, 0.717) is 82.7 Å². The van der Waals surface area contributed by atoms with Crippen molar-refractivity contribution in [1.29, 1.82) is 5.26 Å². The number of hydrogen-bond donors (Lipinski definition) is 2. The molecule has 0 saturated carbocycles. The van der Waals surface area contributed by atoms with Gasteiger partial charge in [-0.25, -0.2) is 18.7 Å². The number of ether oxygens (including phenoxy) is 1. The number of fused-ring (bicyclic) bond motifs is 2. The van der Waals surface area contributed by atoms with Gasteiger partial charge in [-0.3, -0.25) is 4.79 Å². The molecule has 1 spiro atoms. The van der Waals surface area contributed by atoms with E-state index in [9.17, 15) is 24.7 Å². The monoisotopic (exact) mass is 644 g/mol. The molecule has 13 heteroatoms. The molecule has 2 aromatic heterocycles. The molecule has 0 radical (unpaired) electrons. The van der Waals surface area contributed by atoms with Crippen LogP contribution in [0.2, 0.25) is 0 Å². The summed E-state index contributed by atoms with van der Waals surface area (Å²) in [6, 6.07) is 11.4. The lowest BCUT2D eigenvalue weighted by Gasteiger charge is -2.61. The van der Waals surface area contributed by atoms with Crippen molar-refractivity contribution in [3.05, 3.63) is 64.2 Å². The SMILES string of the molecule is CN(c1nc(-c2ccc(F)cc2)c(C#N)s1)c1c2c(nc3c(F)cc(N4CC5(CN(C(=O)[C@@H]6COC[C@H]6O)C5)C4)cc13)[C@H](O)CC2. The first-order valence-corrected chi connectivity index (χ1v) is 16.0. The molecule has 4 aliphatic rings. The lowest BCUT2D eigenvalue weighted by atomic mass is 9.72. The number of carbonyl (C=O) groups is 1. The fourth-order valence-electron chi connectivity index (χ4n) is 7.36. The van der Waals surface area contributed by atoms with Gasteiger partial charge in [-0.2, -0.15) is 5.26 Å². The van der Waals surface area contributed by atoms with E-state index in [0.717, 1.165) is 5.56 Å². The Hall–Kier alpha value is -4.22. The van der Waals surface area contributed by atoms with Crippen molar-refractivity contribution in [2.75, 3.05) is 56.2 Å². The molecule has 3 atom stereocenters. The van der Waals surface area contributed by atoms with Crippen LogP contribution in [0.15, 0.2) is 36.4 Å². The predicted molar refractivity (Wildman–Crippen MR) is 167 cm³/mol. The molecule has 236 valence electrons. The van der Waals surface area contributed by atoms with Crippen LogP contribution in [0, 0.1) is 34.3 Å². The minimum Gasteiger partial charge on any atom is -0.390 e. The molecule has 1 amide bonds. The van der Waals surface area contributed by atoms with Gasteiger partial charge < -0.3 is 29.6 Å². The standard InChI is InChI=1S/C33H30F2N6O4S/c1-39(32-38-27(26(10-36)46-32)17-2-4-18(34)5-3-17)30-20-6-7-24(42)29(20)37-28-21(30)8-19(9-23(28)35)40-13-33(14-40)15-41(16-33)31(44)22-11-45-12-25(22)43/h2-5,8-9,22,24-25,42-43H,6-7,11-16H2,1H3/t22-,24-,25-/m1/s1. The van der Waals surface area contributed by atoms with Crippen LogP contribution in [-0.4, -0.2) is 83.5 Å². The number of carbonyl (C=O) groups excluding carboxylic acids is 1. The van der Waals surface area contributed by atoms with Crippen molar-refractivity contribution < 1.29 is 28.5 Å². The largest absolute Gasteiger partial charge is 0.390 e. The van der Waals surface area contributed by atoms with Crippen LogP contribution in [0.4, 0.5) is 25.3 Å². The van der Waals surface area contributed by atoms with Crippen molar-refractivity contribution in [2.45, 2.75) is 25.0 Å². The number of amides is 1. The zero-order valence-corrected chi connectivity index (χ0v) is 25.7. The zero-order valence-electron chi connectivity index (χ0n) is 24.9. The highest BCUT2D eigenvalue weighted by Crippen LogP contribution is 2.48. The van der Waals surface area contributed by atoms with Crippen molar-refractivity contribution in [3.63, 3.8) is 0 Å². The molecule has 10 nitrogen and oxygen atoms in total. The first kappa shape index (κ1) is 29.2. The van der Waals surface area contributed by atoms with E-state index in [4.69, 9.17) is 9.72 Å². The van der Waals surface area contributed by atoms with E-state index in [1.54, 1.807) is 17.0 Å². The van der Waals surface area contributed by atoms with E-state index in [1.807, 2.05) is 18.0 Å². The third-order valence-electron chi connectivity index (χ3n) is 9.72. The van der Waals surface area contributed by atoms with Crippen molar-refractivity contribution in [3.8, 4) is 17.3 Å². The summed E-state index contributed by atoms with van der Waals surface area (Å²) < 4.78 is 34.7. The Morgan fingerprint density at radius 3 is 2.59 bits per heavy atom.